The van der Waals surface area contributed by atoms with E-state index in [0.29, 0.717) is 42.5 Å². The third-order valence-electron chi connectivity index (χ3n) is 5.60. The first kappa shape index (κ1) is 25.0. The fourth-order valence-electron chi connectivity index (χ4n) is 3.85. The molecule has 0 aliphatic heterocycles. The molecule has 0 fully saturated rings. The zero-order chi connectivity index (χ0) is 25.7. The van der Waals surface area contributed by atoms with Gasteiger partial charge in [0.15, 0.2) is 5.49 Å². The number of fused-ring (bicyclic) bond motifs is 2. The number of halogens is 1. The van der Waals surface area contributed by atoms with E-state index < -0.39 is 5.91 Å². The number of carbonyl (C=O) groups excluding carboxylic acids is 1. The lowest BCUT2D eigenvalue weighted by molar-refractivity contribution is -0.113. The highest BCUT2D eigenvalue weighted by Crippen LogP contribution is 2.14. The summed E-state index contributed by atoms with van der Waals surface area (Å²) < 4.78 is 8.59. The molecule has 0 atom stereocenters. The maximum Gasteiger partial charge on any atom is 0.271 e. The van der Waals surface area contributed by atoms with Crippen LogP contribution in [0, 0.1) is 18.3 Å². The Balaban J connectivity index is 1.92. The molecule has 8 nitrogen and oxygen atoms in total. The molecule has 1 amide bonds. The van der Waals surface area contributed by atoms with E-state index in [1.54, 1.807) is 47.2 Å². The third kappa shape index (κ3) is 5.28. The molecule has 9 heteroatoms. The largest absolute Gasteiger partial charge is 0.382 e. The van der Waals surface area contributed by atoms with Crippen molar-refractivity contribution in [3.05, 3.63) is 92.3 Å². The number of nitrogens with zero attached hydrogens (tertiary/aromatic N) is 5. The zero-order valence-corrected chi connectivity index (χ0v) is 20.7. The second kappa shape index (κ2) is 11.1. The minimum absolute atomic E-state index is 0.110. The van der Waals surface area contributed by atoms with Crippen LogP contribution in [0.1, 0.15) is 30.0 Å². The normalized spacial score (nSPS) is 12.0. The lowest BCUT2D eigenvalue weighted by Gasteiger charge is -2.14. The maximum absolute atomic E-state index is 13.3. The van der Waals surface area contributed by atoms with Gasteiger partial charge in [0.25, 0.3) is 11.5 Å². The monoisotopic (exact) mass is 501 g/mol. The van der Waals surface area contributed by atoms with Crippen molar-refractivity contribution in [3.8, 4) is 6.07 Å². The van der Waals surface area contributed by atoms with Gasteiger partial charge in [-0.2, -0.15) is 10.3 Å². The number of aromatic nitrogens is 3. The molecular weight excluding hydrogens is 478 g/mol. The van der Waals surface area contributed by atoms with Crippen LogP contribution in [-0.2, 0) is 16.1 Å². The molecule has 0 saturated heterocycles. The Labute approximate surface area is 212 Å². The molecule has 0 bridgehead atoms. The molecule has 4 aromatic rings. The van der Waals surface area contributed by atoms with E-state index in [4.69, 9.17) is 21.3 Å². The Morgan fingerprint density at radius 3 is 2.75 bits per heavy atom. The van der Waals surface area contributed by atoms with E-state index in [9.17, 15) is 14.9 Å². The fourth-order valence-corrected chi connectivity index (χ4v) is 3.98. The summed E-state index contributed by atoms with van der Waals surface area (Å²) in [5.41, 5.74) is 2.42. The van der Waals surface area contributed by atoms with Crippen molar-refractivity contribution in [1.82, 2.24) is 14.0 Å². The standard InChI is InChI=1S/C27H24ClN5O3/c1-3-36-15-5-14-32-25(30-23(34)12-9-19-7-10-21(28)11-8-19)20(17-29)16-22-26(32)31-24-18(2)6-4-13-33(24)27(22)35/h4,6-13,16H,3,5,14-15H2,1-2H3/b12-9+,30-25?. The number of nitriles is 1. The summed E-state index contributed by atoms with van der Waals surface area (Å²) in [4.78, 5) is 35.1. The molecule has 0 spiro atoms. The molecule has 4 rings (SSSR count). The molecule has 36 heavy (non-hydrogen) atoms. The quantitative estimate of drug-likeness (QED) is 0.216. The van der Waals surface area contributed by atoms with Crippen LogP contribution in [0.4, 0.5) is 0 Å². The number of benzene rings is 1. The lowest BCUT2D eigenvalue weighted by Crippen LogP contribution is -2.30. The molecule has 1 aromatic carbocycles. The Bertz CT molecular complexity index is 1640. The summed E-state index contributed by atoms with van der Waals surface area (Å²) in [5, 5.41) is 10.8. The van der Waals surface area contributed by atoms with Gasteiger partial charge in [-0.25, -0.2) is 4.98 Å². The number of hydrogen-bond acceptors (Lipinski definition) is 5. The highest BCUT2D eigenvalue weighted by molar-refractivity contribution is 6.30. The van der Waals surface area contributed by atoms with Gasteiger partial charge in [0.05, 0.1) is 10.9 Å². The minimum Gasteiger partial charge on any atom is -0.382 e. The van der Waals surface area contributed by atoms with Crippen LogP contribution in [-0.4, -0.2) is 33.1 Å². The van der Waals surface area contributed by atoms with Crippen molar-refractivity contribution in [2.75, 3.05) is 13.2 Å². The van der Waals surface area contributed by atoms with Crippen LogP contribution in [0.25, 0.3) is 22.8 Å². The second-order valence-corrected chi connectivity index (χ2v) is 8.51. The summed E-state index contributed by atoms with van der Waals surface area (Å²) in [5.74, 6) is -0.548. The van der Waals surface area contributed by atoms with Gasteiger partial charge in [-0.1, -0.05) is 29.8 Å². The molecule has 0 aliphatic carbocycles. The van der Waals surface area contributed by atoms with Crippen LogP contribution in [0.15, 0.2) is 64.5 Å². The van der Waals surface area contributed by atoms with Crippen LogP contribution in [0.3, 0.4) is 0 Å². The molecular formula is C27H24ClN5O3. The van der Waals surface area contributed by atoms with Gasteiger partial charge in [0.1, 0.15) is 17.4 Å². The molecule has 0 radical (unpaired) electrons. The number of rotatable bonds is 7. The van der Waals surface area contributed by atoms with Gasteiger partial charge < -0.3 is 9.30 Å². The summed E-state index contributed by atoms with van der Waals surface area (Å²) in [6.07, 6.45) is 5.17. The van der Waals surface area contributed by atoms with Gasteiger partial charge >= 0.3 is 0 Å². The van der Waals surface area contributed by atoms with Gasteiger partial charge in [0, 0.05) is 37.1 Å². The van der Waals surface area contributed by atoms with Crippen LogP contribution >= 0.6 is 11.6 Å². The number of ether oxygens (including phenoxy) is 1. The molecule has 182 valence electrons. The number of aryl methyl sites for hydroxylation is 2. The van der Waals surface area contributed by atoms with Crippen molar-refractivity contribution in [3.63, 3.8) is 0 Å². The number of hydrogen-bond donors (Lipinski definition) is 0. The summed E-state index contributed by atoms with van der Waals surface area (Å²) in [7, 11) is 0. The predicted molar refractivity (Wildman–Crippen MR) is 139 cm³/mol. The maximum atomic E-state index is 13.3. The molecule has 0 N–H and O–H groups in total. The van der Waals surface area contributed by atoms with Crippen LogP contribution < -0.4 is 11.0 Å². The number of amides is 1. The molecule has 3 heterocycles. The lowest BCUT2D eigenvalue weighted by atomic mass is 10.2. The van der Waals surface area contributed by atoms with Gasteiger partial charge in [0.2, 0.25) is 0 Å². The zero-order valence-electron chi connectivity index (χ0n) is 19.9. The second-order valence-electron chi connectivity index (χ2n) is 8.07. The van der Waals surface area contributed by atoms with Crippen LogP contribution in [0.5, 0.6) is 0 Å². The molecule has 3 aromatic heterocycles. The SMILES string of the molecule is CCOCCCn1c(=NC(=O)/C=C/c2ccc(Cl)cc2)c(C#N)cc2c(=O)n3cccc(C)c3nc21. The van der Waals surface area contributed by atoms with E-state index in [2.05, 4.69) is 11.1 Å². The highest BCUT2D eigenvalue weighted by Gasteiger charge is 2.15. The van der Waals surface area contributed by atoms with Crippen molar-refractivity contribution in [1.29, 1.82) is 5.26 Å². The van der Waals surface area contributed by atoms with E-state index in [-0.39, 0.29) is 22.0 Å². The average molecular weight is 502 g/mol. The van der Waals surface area contributed by atoms with E-state index in [1.807, 2.05) is 19.9 Å². The van der Waals surface area contributed by atoms with Crippen molar-refractivity contribution < 1.29 is 9.53 Å². The fraction of sp³-hybridized carbons (Fsp3) is 0.222. The Kier molecular flexibility index (Phi) is 7.74. The smallest absolute Gasteiger partial charge is 0.271 e. The number of pyridine rings is 2. The first-order valence-electron chi connectivity index (χ1n) is 11.5. The average Bonchev–Trinajstić information content (AvgIpc) is 2.88. The van der Waals surface area contributed by atoms with Crippen molar-refractivity contribution >= 4 is 40.3 Å². The first-order valence-corrected chi connectivity index (χ1v) is 11.9. The topological polar surface area (TPSA) is 102 Å². The molecule has 0 unspecified atom stereocenters. The Morgan fingerprint density at radius 1 is 1.25 bits per heavy atom. The Hall–Kier alpha value is -4.06. The van der Waals surface area contributed by atoms with Gasteiger partial charge in [-0.05, 0) is 61.7 Å². The number of carbonyl (C=O) groups is 1. The summed E-state index contributed by atoms with van der Waals surface area (Å²) in [6.45, 7) is 5.17. The van der Waals surface area contributed by atoms with E-state index in [0.717, 1.165) is 11.1 Å². The van der Waals surface area contributed by atoms with Crippen molar-refractivity contribution in [2.45, 2.75) is 26.8 Å². The van der Waals surface area contributed by atoms with Gasteiger partial charge in [-0.15, -0.1) is 0 Å². The van der Waals surface area contributed by atoms with E-state index >= 15 is 0 Å². The van der Waals surface area contributed by atoms with Gasteiger partial charge in [-0.3, -0.25) is 14.0 Å². The Morgan fingerprint density at radius 2 is 2.03 bits per heavy atom. The predicted octanol–water partition coefficient (Wildman–Crippen LogP) is 4.05. The molecule has 0 saturated carbocycles. The van der Waals surface area contributed by atoms with E-state index in [1.165, 1.54) is 16.5 Å². The summed E-state index contributed by atoms with van der Waals surface area (Å²) >= 11 is 5.92. The highest BCUT2D eigenvalue weighted by atomic mass is 35.5. The summed E-state index contributed by atoms with van der Waals surface area (Å²) in [6, 6.07) is 14.2. The minimum atomic E-state index is -0.548. The van der Waals surface area contributed by atoms with Crippen LogP contribution in [0.2, 0.25) is 5.02 Å². The molecule has 0 aliphatic rings. The van der Waals surface area contributed by atoms with Crippen molar-refractivity contribution in [2.24, 2.45) is 4.99 Å². The first-order chi connectivity index (χ1) is 17.4. The third-order valence-corrected chi connectivity index (χ3v) is 5.86.